The summed E-state index contributed by atoms with van der Waals surface area (Å²) in [6, 6.07) is 13.0. The van der Waals surface area contributed by atoms with Gasteiger partial charge in [-0.1, -0.05) is 30.3 Å². The molecule has 0 bridgehead atoms. The minimum absolute atomic E-state index is 0.0139. The second-order valence-corrected chi connectivity index (χ2v) is 6.12. The molecule has 0 saturated carbocycles. The average Bonchev–Trinajstić information content (AvgIpc) is 2.88. The number of ether oxygens (including phenoxy) is 1. The summed E-state index contributed by atoms with van der Waals surface area (Å²) in [5.74, 6) is -0.616. The van der Waals surface area contributed by atoms with Gasteiger partial charge in [-0.15, -0.1) is 11.3 Å². The lowest BCUT2D eigenvalue weighted by molar-refractivity contribution is -0.139. The molecule has 2 rings (SSSR count). The van der Waals surface area contributed by atoms with E-state index in [2.05, 4.69) is 15.9 Å². The average molecular weight is 348 g/mol. The van der Waals surface area contributed by atoms with E-state index >= 15 is 0 Å². The molecule has 1 heterocycles. The molecule has 0 spiro atoms. The topological polar surface area (TPSA) is 50.1 Å². The van der Waals surface area contributed by atoms with Gasteiger partial charge in [-0.05, 0) is 39.0 Å². The Hall–Kier alpha value is -1.90. The number of nitrogens with zero attached hydrogens (tertiary/aromatic N) is 1. The van der Waals surface area contributed by atoms with Crippen LogP contribution in [0, 0.1) is 11.3 Å². The summed E-state index contributed by atoms with van der Waals surface area (Å²) in [4.78, 5) is 11.9. The molecule has 0 saturated heterocycles. The van der Waals surface area contributed by atoms with Gasteiger partial charge in [-0.25, -0.2) is 4.79 Å². The fraction of sp³-hybridized carbons (Fsp3) is 0.0667. The van der Waals surface area contributed by atoms with Crippen LogP contribution in [0.5, 0.6) is 0 Å². The maximum Gasteiger partial charge on any atom is 0.349 e. The van der Waals surface area contributed by atoms with Crippen molar-refractivity contribution in [3.63, 3.8) is 0 Å². The molecule has 100 valence electrons. The van der Waals surface area contributed by atoms with E-state index in [0.29, 0.717) is 0 Å². The summed E-state index contributed by atoms with van der Waals surface area (Å²) in [5, 5.41) is 10.9. The summed E-state index contributed by atoms with van der Waals surface area (Å²) < 4.78 is 6.00. The monoisotopic (exact) mass is 347 g/mol. The number of benzene rings is 1. The SMILES string of the molecule is N#C/C(=C\c1ccsc1Br)C(=O)OCc1ccccc1. The first kappa shape index (κ1) is 14.5. The molecule has 20 heavy (non-hydrogen) atoms. The molecule has 1 aromatic carbocycles. The van der Waals surface area contributed by atoms with Crippen molar-refractivity contribution in [2.24, 2.45) is 0 Å². The van der Waals surface area contributed by atoms with Crippen molar-refractivity contribution < 1.29 is 9.53 Å². The van der Waals surface area contributed by atoms with Crippen LogP contribution in [0.3, 0.4) is 0 Å². The van der Waals surface area contributed by atoms with Crippen molar-refractivity contribution in [2.75, 3.05) is 0 Å². The summed E-state index contributed by atoms with van der Waals surface area (Å²) in [6.45, 7) is 0.156. The van der Waals surface area contributed by atoms with Crippen molar-refractivity contribution in [1.82, 2.24) is 0 Å². The van der Waals surface area contributed by atoms with Crippen LogP contribution in [-0.4, -0.2) is 5.97 Å². The molecule has 0 fully saturated rings. The van der Waals surface area contributed by atoms with E-state index in [0.717, 1.165) is 14.9 Å². The van der Waals surface area contributed by atoms with Crippen molar-refractivity contribution in [1.29, 1.82) is 5.26 Å². The Labute approximate surface area is 129 Å². The first-order chi connectivity index (χ1) is 9.70. The number of rotatable bonds is 4. The number of halogens is 1. The largest absolute Gasteiger partial charge is 0.457 e. The zero-order chi connectivity index (χ0) is 14.4. The van der Waals surface area contributed by atoms with Gasteiger partial charge < -0.3 is 4.74 Å². The van der Waals surface area contributed by atoms with Gasteiger partial charge in [0.15, 0.2) is 0 Å². The highest BCUT2D eigenvalue weighted by molar-refractivity contribution is 9.11. The molecule has 0 N–H and O–H groups in total. The minimum atomic E-state index is -0.616. The highest BCUT2D eigenvalue weighted by Gasteiger charge is 2.12. The number of carbonyl (C=O) groups is 1. The van der Waals surface area contributed by atoms with Crippen molar-refractivity contribution in [3.05, 3.63) is 62.3 Å². The summed E-state index contributed by atoms with van der Waals surface area (Å²) in [6.07, 6.45) is 1.52. The van der Waals surface area contributed by atoms with Gasteiger partial charge in [-0.3, -0.25) is 0 Å². The van der Waals surface area contributed by atoms with E-state index in [9.17, 15) is 4.79 Å². The Morgan fingerprint density at radius 3 is 2.70 bits per heavy atom. The van der Waals surface area contributed by atoms with Crippen molar-refractivity contribution in [3.8, 4) is 6.07 Å². The normalized spacial score (nSPS) is 10.9. The molecule has 3 nitrogen and oxygen atoms in total. The second kappa shape index (κ2) is 7.04. The van der Waals surface area contributed by atoms with Crippen molar-refractivity contribution >= 4 is 39.3 Å². The van der Waals surface area contributed by atoms with Gasteiger partial charge in [0.25, 0.3) is 0 Å². The van der Waals surface area contributed by atoms with E-state index in [4.69, 9.17) is 10.00 Å². The maximum atomic E-state index is 11.9. The molecule has 2 aromatic rings. The minimum Gasteiger partial charge on any atom is -0.457 e. The first-order valence-corrected chi connectivity index (χ1v) is 7.44. The van der Waals surface area contributed by atoms with Gasteiger partial charge in [0.1, 0.15) is 18.2 Å². The third-order valence-electron chi connectivity index (χ3n) is 2.50. The van der Waals surface area contributed by atoms with Gasteiger partial charge in [0.2, 0.25) is 0 Å². The molecule has 0 unspecified atom stereocenters. The van der Waals surface area contributed by atoms with Crippen molar-refractivity contribution in [2.45, 2.75) is 6.61 Å². The first-order valence-electron chi connectivity index (χ1n) is 5.76. The van der Waals surface area contributed by atoms with Gasteiger partial charge >= 0.3 is 5.97 Å². The zero-order valence-electron chi connectivity index (χ0n) is 10.4. The maximum absolute atomic E-state index is 11.9. The van der Waals surface area contributed by atoms with Crippen LogP contribution in [0.25, 0.3) is 6.08 Å². The summed E-state index contributed by atoms with van der Waals surface area (Å²) >= 11 is 4.85. The Kier molecular flexibility index (Phi) is 5.10. The second-order valence-electron chi connectivity index (χ2n) is 3.88. The number of esters is 1. The molecule has 0 aliphatic carbocycles. The number of carbonyl (C=O) groups excluding carboxylic acids is 1. The Bertz CT molecular complexity index is 671. The van der Waals surface area contributed by atoms with Crippen LogP contribution < -0.4 is 0 Å². The van der Waals surface area contributed by atoms with E-state index in [1.54, 1.807) is 0 Å². The van der Waals surface area contributed by atoms with Crippen LogP contribution in [0.2, 0.25) is 0 Å². The van der Waals surface area contributed by atoms with Gasteiger partial charge in [0, 0.05) is 5.56 Å². The third kappa shape index (κ3) is 3.80. The lowest BCUT2D eigenvalue weighted by atomic mass is 10.2. The zero-order valence-corrected chi connectivity index (χ0v) is 12.8. The number of thiophene rings is 1. The van der Waals surface area contributed by atoms with E-state index < -0.39 is 5.97 Å². The molecular weight excluding hydrogens is 338 g/mol. The molecule has 0 aliphatic heterocycles. The van der Waals surface area contributed by atoms with E-state index in [1.165, 1.54) is 17.4 Å². The van der Waals surface area contributed by atoms with Gasteiger partial charge in [-0.2, -0.15) is 5.26 Å². The summed E-state index contributed by atoms with van der Waals surface area (Å²) in [7, 11) is 0. The van der Waals surface area contributed by atoms with E-state index in [1.807, 2.05) is 47.8 Å². The molecule has 0 aliphatic rings. The fourth-order valence-electron chi connectivity index (χ4n) is 1.50. The number of hydrogen-bond donors (Lipinski definition) is 0. The number of hydrogen-bond acceptors (Lipinski definition) is 4. The molecule has 0 radical (unpaired) electrons. The third-order valence-corrected chi connectivity index (χ3v) is 4.23. The predicted molar refractivity (Wildman–Crippen MR) is 81.8 cm³/mol. The quantitative estimate of drug-likeness (QED) is 0.474. The van der Waals surface area contributed by atoms with Crippen LogP contribution in [0.15, 0.2) is 51.1 Å². The highest BCUT2D eigenvalue weighted by atomic mass is 79.9. The Balaban J connectivity index is 2.05. The van der Waals surface area contributed by atoms with Crippen LogP contribution in [0.1, 0.15) is 11.1 Å². The molecular formula is C15H10BrNO2S. The fourth-order valence-corrected chi connectivity index (χ4v) is 2.67. The standard InChI is InChI=1S/C15H10BrNO2S/c16-14-12(6-7-20-14)8-13(9-17)15(18)19-10-11-4-2-1-3-5-11/h1-8H,10H2/b13-8+. The van der Waals surface area contributed by atoms with E-state index in [-0.39, 0.29) is 12.2 Å². The molecule has 0 atom stereocenters. The van der Waals surface area contributed by atoms with Crippen LogP contribution >= 0.6 is 27.3 Å². The highest BCUT2D eigenvalue weighted by Crippen LogP contribution is 2.25. The Morgan fingerprint density at radius 1 is 1.35 bits per heavy atom. The Morgan fingerprint density at radius 2 is 2.10 bits per heavy atom. The molecule has 1 aromatic heterocycles. The lowest BCUT2D eigenvalue weighted by Gasteiger charge is -2.03. The van der Waals surface area contributed by atoms with Crippen LogP contribution in [0.4, 0.5) is 0 Å². The summed E-state index contributed by atoms with van der Waals surface area (Å²) in [5.41, 5.74) is 1.66. The molecule has 0 amide bonds. The van der Waals surface area contributed by atoms with Gasteiger partial charge in [0.05, 0.1) is 3.79 Å². The van der Waals surface area contributed by atoms with Crippen LogP contribution in [-0.2, 0) is 16.1 Å². The lowest BCUT2D eigenvalue weighted by Crippen LogP contribution is -2.06. The smallest absolute Gasteiger partial charge is 0.349 e. The number of nitriles is 1. The predicted octanol–water partition coefficient (Wildman–Crippen LogP) is 4.16. The molecule has 5 heteroatoms.